The quantitative estimate of drug-likeness (QED) is 0.594. The highest BCUT2D eigenvalue weighted by Gasteiger charge is 2.29. The number of rotatable bonds is 5. The number of nitrogens with one attached hydrogen (secondary N) is 1. The molecule has 3 amide bonds. The van der Waals surface area contributed by atoms with Crippen molar-refractivity contribution in [3.05, 3.63) is 0 Å². The second kappa shape index (κ2) is 5.92. The molecule has 10 heteroatoms. The van der Waals surface area contributed by atoms with Gasteiger partial charge in [-0.2, -0.15) is 13.2 Å². The Balaban J connectivity index is 4.42. The largest absolute Gasteiger partial charge is 0.480 e. The van der Waals surface area contributed by atoms with Gasteiger partial charge in [0.1, 0.15) is 19.6 Å². The molecule has 0 aliphatic carbocycles. The molecule has 0 saturated carbocycles. The van der Waals surface area contributed by atoms with Crippen LogP contribution in [-0.4, -0.2) is 53.7 Å². The second-order valence-electron chi connectivity index (χ2n) is 2.99. The summed E-state index contributed by atoms with van der Waals surface area (Å²) in [5.41, 5.74) is 4.71. The maximum Gasteiger partial charge on any atom is 0.405 e. The molecule has 7 nitrogen and oxygen atoms in total. The van der Waals surface area contributed by atoms with Gasteiger partial charge in [-0.1, -0.05) is 0 Å². The van der Waals surface area contributed by atoms with E-state index in [1.807, 2.05) is 0 Å². The molecule has 0 aromatic carbocycles. The molecule has 0 radical (unpaired) electrons. The summed E-state index contributed by atoms with van der Waals surface area (Å²) in [6, 6.07) is -1.33. The highest BCUT2D eigenvalue weighted by Crippen LogP contribution is 2.12. The topological polar surface area (TPSA) is 113 Å². The van der Waals surface area contributed by atoms with Crippen molar-refractivity contribution in [1.82, 2.24) is 10.2 Å². The van der Waals surface area contributed by atoms with E-state index in [2.05, 4.69) is 0 Å². The lowest BCUT2D eigenvalue weighted by molar-refractivity contribution is -0.137. The number of hydrogen-bond acceptors (Lipinski definition) is 3. The lowest BCUT2D eigenvalue weighted by atomic mass is 10.4. The minimum atomic E-state index is -4.63. The number of aliphatic carboxylic acids is 1. The van der Waals surface area contributed by atoms with E-state index in [1.165, 1.54) is 5.32 Å². The zero-order valence-electron chi connectivity index (χ0n) is 8.45. The Kier molecular flexibility index (Phi) is 5.22. The van der Waals surface area contributed by atoms with Crippen LogP contribution in [0.4, 0.5) is 18.0 Å². The fraction of sp³-hybridized carbons (Fsp3) is 0.571. The number of amides is 3. The van der Waals surface area contributed by atoms with Gasteiger partial charge in [0.05, 0.1) is 0 Å². The number of primary amides is 1. The van der Waals surface area contributed by atoms with Crippen LogP contribution in [0, 0.1) is 0 Å². The Morgan fingerprint density at radius 1 is 1.24 bits per heavy atom. The Bertz CT molecular complexity index is 302. The first-order valence-electron chi connectivity index (χ1n) is 4.21. The molecule has 0 aliphatic heterocycles. The molecule has 4 N–H and O–H groups in total. The van der Waals surface area contributed by atoms with Gasteiger partial charge < -0.3 is 21.1 Å². The summed E-state index contributed by atoms with van der Waals surface area (Å²) < 4.78 is 35.3. The van der Waals surface area contributed by atoms with E-state index >= 15 is 0 Å². The minimum Gasteiger partial charge on any atom is -0.480 e. The van der Waals surface area contributed by atoms with Crippen LogP contribution < -0.4 is 11.1 Å². The maximum absolute atomic E-state index is 11.8. The Morgan fingerprint density at radius 3 is 2.12 bits per heavy atom. The van der Waals surface area contributed by atoms with Crippen LogP contribution in [0.2, 0.25) is 0 Å². The number of nitrogens with two attached hydrogens (primary N) is 1. The van der Waals surface area contributed by atoms with Gasteiger partial charge in [0, 0.05) is 0 Å². The minimum absolute atomic E-state index is 0.358. The van der Waals surface area contributed by atoms with Crippen molar-refractivity contribution in [2.24, 2.45) is 5.73 Å². The number of alkyl halides is 3. The van der Waals surface area contributed by atoms with Gasteiger partial charge in [-0.15, -0.1) is 0 Å². The first-order valence-corrected chi connectivity index (χ1v) is 4.21. The molecule has 0 unspecified atom stereocenters. The maximum atomic E-state index is 11.8. The summed E-state index contributed by atoms with van der Waals surface area (Å²) >= 11 is 0. The van der Waals surface area contributed by atoms with Crippen molar-refractivity contribution < 1.29 is 32.7 Å². The molecule has 0 atom stereocenters. The molecule has 0 rings (SSSR count). The predicted octanol–water partition coefficient (Wildman–Crippen LogP) is -0.870. The molecular weight excluding hydrogens is 247 g/mol. The Morgan fingerprint density at radius 2 is 1.76 bits per heavy atom. The molecule has 0 aromatic rings. The number of urea groups is 1. The number of carbonyl (C=O) groups excluding carboxylic acids is 2. The third kappa shape index (κ3) is 7.88. The van der Waals surface area contributed by atoms with Gasteiger partial charge in [0.2, 0.25) is 5.91 Å². The molecule has 0 bridgehead atoms. The normalized spacial score (nSPS) is 10.8. The van der Waals surface area contributed by atoms with Crippen LogP contribution in [0.15, 0.2) is 0 Å². The van der Waals surface area contributed by atoms with Crippen molar-refractivity contribution in [2.45, 2.75) is 6.18 Å². The van der Waals surface area contributed by atoms with Gasteiger partial charge >= 0.3 is 18.2 Å². The summed E-state index contributed by atoms with van der Waals surface area (Å²) in [6.45, 7) is -3.33. The highest BCUT2D eigenvalue weighted by atomic mass is 19.4. The number of carboxylic acids is 1. The molecule has 98 valence electrons. The summed E-state index contributed by atoms with van der Waals surface area (Å²) in [4.78, 5) is 32.2. The number of halogens is 3. The van der Waals surface area contributed by atoms with E-state index in [4.69, 9.17) is 10.8 Å². The summed E-state index contributed by atoms with van der Waals surface area (Å²) in [5, 5.41) is 9.80. The lowest BCUT2D eigenvalue weighted by Gasteiger charge is -2.19. The van der Waals surface area contributed by atoms with Gasteiger partial charge in [-0.25, -0.2) is 4.79 Å². The van der Waals surface area contributed by atoms with E-state index in [0.717, 1.165) is 0 Å². The van der Waals surface area contributed by atoms with Crippen molar-refractivity contribution in [2.75, 3.05) is 19.6 Å². The van der Waals surface area contributed by atoms with Crippen LogP contribution in [0.25, 0.3) is 0 Å². The predicted molar refractivity (Wildman–Crippen MR) is 47.9 cm³/mol. The van der Waals surface area contributed by atoms with Gasteiger partial charge in [-0.05, 0) is 0 Å². The molecule has 17 heavy (non-hydrogen) atoms. The van der Waals surface area contributed by atoms with E-state index in [9.17, 15) is 27.6 Å². The zero-order valence-corrected chi connectivity index (χ0v) is 8.45. The van der Waals surface area contributed by atoms with Crippen LogP contribution in [0.1, 0.15) is 0 Å². The smallest absolute Gasteiger partial charge is 0.405 e. The van der Waals surface area contributed by atoms with Crippen LogP contribution in [0.3, 0.4) is 0 Å². The second-order valence-corrected chi connectivity index (χ2v) is 2.99. The van der Waals surface area contributed by atoms with Crippen LogP contribution in [0.5, 0.6) is 0 Å². The average Bonchev–Trinajstić information content (AvgIpc) is 2.10. The van der Waals surface area contributed by atoms with Gasteiger partial charge in [0.15, 0.2) is 0 Å². The zero-order chi connectivity index (χ0) is 13.6. The third-order valence-electron chi connectivity index (χ3n) is 1.40. The van der Waals surface area contributed by atoms with E-state index in [0.29, 0.717) is 4.90 Å². The summed E-state index contributed by atoms with van der Waals surface area (Å²) in [5.74, 6) is -2.51. The van der Waals surface area contributed by atoms with Crippen LogP contribution in [-0.2, 0) is 9.59 Å². The standard InChI is InChI=1S/C7H10F3N3O4/c8-7(9,10)3-12-6(17)13(1-4(11)14)2-5(15)16/h1-3H2,(H2,11,14)(H,12,17)(H,15,16). The third-order valence-corrected chi connectivity index (χ3v) is 1.40. The molecule has 0 aliphatic rings. The number of hydrogen-bond donors (Lipinski definition) is 3. The molecule has 0 fully saturated rings. The van der Waals surface area contributed by atoms with Gasteiger partial charge in [0.25, 0.3) is 0 Å². The fourth-order valence-electron chi connectivity index (χ4n) is 0.839. The molecule has 0 saturated heterocycles. The van der Waals surface area contributed by atoms with Crippen molar-refractivity contribution in [3.8, 4) is 0 Å². The number of nitrogens with zero attached hydrogens (tertiary/aromatic N) is 1. The van der Waals surface area contributed by atoms with Gasteiger partial charge in [-0.3, -0.25) is 9.59 Å². The monoisotopic (exact) mass is 257 g/mol. The summed E-state index contributed by atoms with van der Waals surface area (Å²) in [7, 11) is 0. The van der Waals surface area contributed by atoms with E-state index < -0.39 is 43.7 Å². The van der Waals surface area contributed by atoms with Crippen molar-refractivity contribution >= 4 is 17.9 Å². The molecule has 0 heterocycles. The molecule has 0 spiro atoms. The molecule has 0 aromatic heterocycles. The number of carboxylic acid groups (broad SMARTS) is 1. The van der Waals surface area contributed by atoms with Crippen molar-refractivity contribution in [3.63, 3.8) is 0 Å². The lowest BCUT2D eigenvalue weighted by Crippen LogP contribution is -2.48. The molecular formula is C7H10F3N3O4. The highest BCUT2D eigenvalue weighted by molar-refractivity contribution is 5.85. The van der Waals surface area contributed by atoms with E-state index in [1.54, 1.807) is 0 Å². The number of carbonyl (C=O) groups is 3. The SMILES string of the molecule is NC(=O)CN(CC(=O)O)C(=O)NCC(F)(F)F. The Hall–Kier alpha value is -2.00. The fourth-order valence-corrected chi connectivity index (χ4v) is 0.839. The average molecular weight is 257 g/mol. The first-order chi connectivity index (χ1) is 7.61. The summed E-state index contributed by atoms with van der Waals surface area (Å²) in [6.07, 6.45) is -4.63. The first kappa shape index (κ1) is 15.0. The Labute approximate surface area is 93.4 Å². The van der Waals surface area contributed by atoms with E-state index in [-0.39, 0.29) is 0 Å². The van der Waals surface area contributed by atoms with Crippen molar-refractivity contribution in [1.29, 1.82) is 0 Å². The van der Waals surface area contributed by atoms with Crippen LogP contribution >= 0.6 is 0 Å².